The van der Waals surface area contributed by atoms with Crippen molar-refractivity contribution in [3.8, 4) is 0 Å². The molecular formula is C21H27ClN4O2. The molecule has 0 spiro atoms. The van der Waals surface area contributed by atoms with Crippen molar-refractivity contribution < 1.29 is 9.21 Å². The number of likely N-dealkylation sites (N-methyl/N-ethyl adjacent to an activating group) is 1. The highest BCUT2D eigenvalue weighted by atomic mass is 35.5. The van der Waals surface area contributed by atoms with Crippen LogP contribution in [0.3, 0.4) is 0 Å². The lowest BCUT2D eigenvalue weighted by Crippen LogP contribution is -2.42. The number of amides is 1. The number of hydrogen-bond acceptors (Lipinski definition) is 3. The van der Waals surface area contributed by atoms with Crippen molar-refractivity contribution in [2.75, 3.05) is 33.7 Å². The molecule has 1 aromatic carbocycles. The minimum atomic E-state index is -0.0422. The smallest absolute Gasteiger partial charge is 0.243 e. The number of nitrogens with one attached hydrogen (secondary N) is 2. The number of furan rings is 1. The monoisotopic (exact) mass is 402 g/mol. The molecule has 1 fully saturated rings. The molecule has 0 radical (unpaired) electrons. The van der Waals surface area contributed by atoms with Crippen LogP contribution >= 0.6 is 11.6 Å². The Morgan fingerprint density at radius 2 is 2.00 bits per heavy atom. The van der Waals surface area contributed by atoms with Crippen molar-refractivity contribution in [3.63, 3.8) is 0 Å². The lowest BCUT2D eigenvalue weighted by molar-refractivity contribution is -0.127. The molecule has 28 heavy (non-hydrogen) atoms. The molecule has 1 aliphatic rings. The number of halogens is 1. The molecule has 2 N–H and O–H groups in total. The van der Waals surface area contributed by atoms with Gasteiger partial charge < -0.3 is 20.0 Å². The maximum Gasteiger partial charge on any atom is 0.243 e. The van der Waals surface area contributed by atoms with Gasteiger partial charge in [-0.05, 0) is 36.6 Å². The molecule has 2 aromatic rings. The second-order valence-electron chi connectivity index (χ2n) is 7.32. The molecule has 1 amide bonds. The zero-order chi connectivity index (χ0) is 20.0. The SMILES string of the molecule is CN(C)C(=O)CN=C(NCCc1ccco1)NCC1(c2ccccc2Cl)CC1. The molecule has 0 atom stereocenters. The zero-order valence-electron chi connectivity index (χ0n) is 16.4. The molecule has 1 aromatic heterocycles. The molecule has 3 rings (SSSR count). The summed E-state index contributed by atoms with van der Waals surface area (Å²) in [7, 11) is 3.46. The van der Waals surface area contributed by atoms with Crippen LogP contribution in [0.25, 0.3) is 0 Å². The summed E-state index contributed by atoms with van der Waals surface area (Å²) in [5, 5.41) is 7.50. The third-order valence-corrected chi connectivity index (χ3v) is 5.34. The van der Waals surface area contributed by atoms with Gasteiger partial charge in [-0.1, -0.05) is 29.8 Å². The fourth-order valence-electron chi connectivity index (χ4n) is 3.06. The van der Waals surface area contributed by atoms with Gasteiger partial charge in [0.1, 0.15) is 12.3 Å². The van der Waals surface area contributed by atoms with E-state index in [1.54, 1.807) is 20.4 Å². The third-order valence-electron chi connectivity index (χ3n) is 5.01. The number of benzene rings is 1. The van der Waals surface area contributed by atoms with Crippen molar-refractivity contribution in [1.82, 2.24) is 15.5 Å². The first kappa shape index (κ1) is 20.3. The second-order valence-corrected chi connectivity index (χ2v) is 7.73. The minimum absolute atomic E-state index is 0.0351. The fourth-order valence-corrected chi connectivity index (χ4v) is 3.39. The van der Waals surface area contributed by atoms with E-state index in [9.17, 15) is 4.79 Å². The lowest BCUT2D eigenvalue weighted by Gasteiger charge is -2.20. The maximum atomic E-state index is 11.9. The summed E-state index contributed by atoms with van der Waals surface area (Å²) < 4.78 is 5.36. The Hall–Kier alpha value is -2.47. The van der Waals surface area contributed by atoms with Crippen LogP contribution in [0, 0.1) is 0 Å². The normalized spacial score (nSPS) is 15.2. The van der Waals surface area contributed by atoms with Crippen LogP contribution in [0.5, 0.6) is 0 Å². The predicted molar refractivity (Wildman–Crippen MR) is 112 cm³/mol. The highest BCUT2D eigenvalue weighted by molar-refractivity contribution is 6.31. The first-order valence-corrected chi connectivity index (χ1v) is 9.88. The number of hydrogen-bond donors (Lipinski definition) is 2. The second kappa shape index (κ2) is 9.15. The predicted octanol–water partition coefficient (Wildman–Crippen LogP) is 2.83. The molecule has 1 heterocycles. The van der Waals surface area contributed by atoms with Gasteiger partial charge >= 0.3 is 0 Å². The van der Waals surface area contributed by atoms with Crippen molar-refractivity contribution in [2.24, 2.45) is 4.99 Å². The summed E-state index contributed by atoms with van der Waals surface area (Å²) in [5.74, 6) is 1.49. The van der Waals surface area contributed by atoms with E-state index in [-0.39, 0.29) is 17.9 Å². The molecule has 6 nitrogen and oxygen atoms in total. The van der Waals surface area contributed by atoms with Crippen molar-refractivity contribution in [2.45, 2.75) is 24.7 Å². The molecule has 150 valence electrons. The van der Waals surface area contributed by atoms with Gasteiger partial charge in [0.2, 0.25) is 5.91 Å². The van der Waals surface area contributed by atoms with Crippen LogP contribution in [0.2, 0.25) is 5.02 Å². The number of guanidine groups is 1. The van der Waals surface area contributed by atoms with Gasteiger partial charge in [-0.15, -0.1) is 0 Å². The van der Waals surface area contributed by atoms with E-state index in [0.717, 1.165) is 36.6 Å². The van der Waals surface area contributed by atoms with Crippen molar-refractivity contribution in [3.05, 3.63) is 59.0 Å². The summed E-state index contributed by atoms with van der Waals surface area (Å²) in [4.78, 5) is 17.9. The van der Waals surface area contributed by atoms with Crippen LogP contribution in [0.4, 0.5) is 0 Å². The van der Waals surface area contributed by atoms with Crippen LogP contribution < -0.4 is 10.6 Å². The van der Waals surface area contributed by atoms with Gasteiger partial charge in [-0.2, -0.15) is 0 Å². The average molecular weight is 403 g/mol. The van der Waals surface area contributed by atoms with E-state index in [2.05, 4.69) is 21.7 Å². The maximum absolute atomic E-state index is 11.9. The van der Waals surface area contributed by atoms with Crippen LogP contribution in [-0.4, -0.2) is 50.5 Å². The first-order valence-electron chi connectivity index (χ1n) is 9.50. The summed E-state index contributed by atoms with van der Waals surface area (Å²) in [6, 6.07) is 11.8. The van der Waals surface area contributed by atoms with Gasteiger partial charge in [0, 0.05) is 44.0 Å². The van der Waals surface area contributed by atoms with E-state index in [1.165, 1.54) is 10.5 Å². The van der Waals surface area contributed by atoms with Gasteiger partial charge in [-0.25, -0.2) is 4.99 Å². The third kappa shape index (κ3) is 5.29. The van der Waals surface area contributed by atoms with Crippen LogP contribution in [-0.2, 0) is 16.6 Å². The van der Waals surface area contributed by atoms with E-state index in [4.69, 9.17) is 16.0 Å². The largest absolute Gasteiger partial charge is 0.469 e. The Balaban J connectivity index is 1.62. The van der Waals surface area contributed by atoms with E-state index in [1.807, 2.05) is 30.3 Å². The fraction of sp³-hybridized carbons (Fsp3) is 0.429. The highest BCUT2D eigenvalue weighted by Gasteiger charge is 2.45. The Morgan fingerprint density at radius 1 is 1.21 bits per heavy atom. The van der Waals surface area contributed by atoms with Gasteiger partial charge in [0.25, 0.3) is 0 Å². The van der Waals surface area contributed by atoms with Gasteiger partial charge in [0.05, 0.1) is 6.26 Å². The van der Waals surface area contributed by atoms with E-state index >= 15 is 0 Å². The Morgan fingerprint density at radius 3 is 2.64 bits per heavy atom. The highest BCUT2D eigenvalue weighted by Crippen LogP contribution is 2.49. The van der Waals surface area contributed by atoms with Crippen molar-refractivity contribution >= 4 is 23.5 Å². The van der Waals surface area contributed by atoms with Crippen LogP contribution in [0.1, 0.15) is 24.2 Å². The summed E-state index contributed by atoms with van der Waals surface area (Å²) in [6.45, 7) is 1.48. The van der Waals surface area contributed by atoms with E-state index < -0.39 is 0 Å². The number of rotatable bonds is 8. The molecule has 1 saturated carbocycles. The molecule has 7 heteroatoms. The molecule has 0 aliphatic heterocycles. The quantitative estimate of drug-likeness (QED) is 0.526. The molecule has 1 aliphatic carbocycles. The molecular weight excluding hydrogens is 376 g/mol. The molecule has 0 bridgehead atoms. The summed E-state index contributed by atoms with van der Waals surface area (Å²) >= 11 is 6.41. The van der Waals surface area contributed by atoms with Gasteiger partial charge in [-0.3, -0.25) is 4.79 Å². The Bertz CT molecular complexity index is 814. The molecule has 0 saturated heterocycles. The summed E-state index contributed by atoms with van der Waals surface area (Å²) in [6.07, 6.45) is 4.57. The average Bonchev–Trinajstić information content (AvgIpc) is 3.28. The zero-order valence-corrected chi connectivity index (χ0v) is 17.1. The minimum Gasteiger partial charge on any atom is -0.469 e. The lowest BCUT2D eigenvalue weighted by atomic mass is 9.96. The molecule has 0 unspecified atom stereocenters. The van der Waals surface area contributed by atoms with Crippen molar-refractivity contribution in [1.29, 1.82) is 0 Å². The van der Waals surface area contributed by atoms with Gasteiger partial charge in [0.15, 0.2) is 5.96 Å². The first-order chi connectivity index (χ1) is 13.5. The van der Waals surface area contributed by atoms with Crippen LogP contribution in [0.15, 0.2) is 52.1 Å². The topological polar surface area (TPSA) is 69.9 Å². The number of nitrogens with zero attached hydrogens (tertiary/aromatic N) is 2. The van der Waals surface area contributed by atoms with E-state index in [0.29, 0.717) is 12.5 Å². The number of aliphatic imine (C=N–C) groups is 1. The standard InChI is InChI=1S/C21H27ClN4O2/c1-26(2)19(27)14-24-20(23-12-9-16-6-5-13-28-16)25-15-21(10-11-21)17-7-3-4-8-18(17)22/h3-8,13H,9-12,14-15H2,1-2H3,(H2,23,24,25). The number of carbonyl (C=O) groups excluding carboxylic acids is 1. The summed E-state index contributed by atoms with van der Waals surface area (Å²) in [5.41, 5.74) is 1.20. The number of carbonyl (C=O) groups is 1. The Labute approximate surface area is 171 Å². The Kier molecular flexibility index (Phi) is 6.62.